The van der Waals surface area contributed by atoms with Crippen molar-refractivity contribution in [2.45, 2.75) is 26.4 Å². The van der Waals surface area contributed by atoms with Gasteiger partial charge in [-0.1, -0.05) is 35.0 Å². The van der Waals surface area contributed by atoms with Crippen molar-refractivity contribution in [1.29, 1.82) is 0 Å². The van der Waals surface area contributed by atoms with Crippen molar-refractivity contribution in [3.8, 4) is 11.4 Å². The van der Waals surface area contributed by atoms with Crippen LogP contribution in [0.5, 0.6) is 0 Å². The monoisotopic (exact) mass is 329 g/mol. The lowest BCUT2D eigenvalue weighted by atomic mass is 10.1. The number of aryl methyl sites for hydroxylation is 1. The number of hydrogen-bond donors (Lipinski definition) is 1. The number of carbonyl (C=O) groups is 1. The van der Waals surface area contributed by atoms with Gasteiger partial charge in [-0.3, -0.25) is 14.6 Å². The Morgan fingerprint density at radius 2 is 1.92 bits per heavy atom. The van der Waals surface area contributed by atoms with Gasteiger partial charge in [0.05, 0.1) is 12.6 Å². The van der Waals surface area contributed by atoms with Gasteiger partial charge in [0.25, 0.3) is 0 Å². The summed E-state index contributed by atoms with van der Waals surface area (Å²) in [6.45, 7) is 7.83. The number of benzene rings is 1. The van der Waals surface area contributed by atoms with Gasteiger partial charge in [-0.15, -0.1) is 0 Å². The molecule has 1 amide bonds. The third-order valence-corrected chi connectivity index (χ3v) is 4.50. The molecule has 2 aromatic rings. The molecule has 1 aliphatic rings. The molecule has 0 saturated carbocycles. The highest BCUT2D eigenvalue weighted by atomic mass is 16.5. The maximum atomic E-state index is 11.3. The van der Waals surface area contributed by atoms with Crippen molar-refractivity contribution in [3.05, 3.63) is 35.7 Å². The van der Waals surface area contributed by atoms with Crippen molar-refractivity contribution in [3.63, 3.8) is 0 Å². The molecule has 2 N–H and O–H groups in total. The molecule has 1 atom stereocenters. The predicted molar refractivity (Wildman–Crippen MR) is 90.0 cm³/mol. The second kappa shape index (κ2) is 7.11. The van der Waals surface area contributed by atoms with E-state index in [9.17, 15) is 4.79 Å². The zero-order chi connectivity index (χ0) is 17.1. The number of aromatic nitrogens is 2. The van der Waals surface area contributed by atoms with Gasteiger partial charge in [0, 0.05) is 31.7 Å². The Morgan fingerprint density at radius 3 is 2.54 bits per heavy atom. The first kappa shape index (κ1) is 16.6. The summed E-state index contributed by atoms with van der Waals surface area (Å²) >= 11 is 0. The molecule has 1 saturated heterocycles. The summed E-state index contributed by atoms with van der Waals surface area (Å²) in [4.78, 5) is 20.1. The summed E-state index contributed by atoms with van der Waals surface area (Å²) in [5, 5.41) is 4.06. The Kier molecular flexibility index (Phi) is 4.92. The van der Waals surface area contributed by atoms with E-state index >= 15 is 0 Å². The molecule has 0 aliphatic carbocycles. The number of hydrogen-bond acceptors (Lipinski definition) is 6. The van der Waals surface area contributed by atoms with Crippen LogP contribution in [0.15, 0.2) is 28.8 Å². The van der Waals surface area contributed by atoms with Gasteiger partial charge in [-0.05, 0) is 13.8 Å². The van der Waals surface area contributed by atoms with Crippen molar-refractivity contribution < 1.29 is 9.32 Å². The van der Waals surface area contributed by atoms with Crippen LogP contribution in [0.2, 0.25) is 0 Å². The van der Waals surface area contributed by atoms with Gasteiger partial charge in [-0.25, -0.2) is 0 Å². The van der Waals surface area contributed by atoms with Crippen molar-refractivity contribution in [1.82, 2.24) is 19.9 Å². The zero-order valence-corrected chi connectivity index (χ0v) is 14.1. The van der Waals surface area contributed by atoms with Gasteiger partial charge >= 0.3 is 0 Å². The first-order chi connectivity index (χ1) is 11.5. The maximum absolute atomic E-state index is 11.3. The van der Waals surface area contributed by atoms with E-state index in [0.717, 1.165) is 31.7 Å². The molecule has 128 valence electrons. The SMILES string of the molecule is Cc1ccc(-c2noc(CN3CCN([C@@H](C)C(N)=O)CC3)n2)cc1. The van der Waals surface area contributed by atoms with Crippen molar-refractivity contribution in [2.75, 3.05) is 26.2 Å². The van der Waals surface area contributed by atoms with Crippen molar-refractivity contribution in [2.24, 2.45) is 5.73 Å². The van der Waals surface area contributed by atoms with Gasteiger partial charge in [0.15, 0.2) is 0 Å². The minimum atomic E-state index is -0.275. The summed E-state index contributed by atoms with van der Waals surface area (Å²) in [6, 6.07) is 7.83. The number of amides is 1. The van der Waals surface area contributed by atoms with E-state index in [1.165, 1.54) is 5.56 Å². The Labute approximate surface area is 141 Å². The largest absolute Gasteiger partial charge is 0.368 e. The number of rotatable bonds is 5. The van der Waals surface area contributed by atoms with Crippen LogP contribution in [0.4, 0.5) is 0 Å². The molecule has 7 nitrogen and oxygen atoms in total. The normalized spacial score (nSPS) is 17.8. The first-order valence-corrected chi connectivity index (χ1v) is 8.18. The fraction of sp³-hybridized carbons (Fsp3) is 0.471. The maximum Gasteiger partial charge on any atom is 0.241 e. The second-order valence-electron chi connectivity index (χ2n) is 6.27. The molecule has 24 heavy (non-hydrogen) atoms. The van der Waals surface area contributed by atoms with E-state index < -0.39 is 0 Å². The molecule has 0 bridgehead atoms. The van der Waals surface area contributed by atoms with Gasteiger partial charge in [0.1, 0.15) is 0 Å². The van der Waals surface area contributed by atoms with Gasteiger partial charge < -0.3 is 10.3 Å². The van der Waals surface area contributed by atoms with Gasteiger partial charge in [0.2, 0.25) is 17.6 Å². The second-order valence-corrected chi connectivity index (χ2v) is 6.27. The molecule has 7 heteroatoms. The fourth-order valence-electron chi connectivity index (χ4n) is 2.82. The van der Waals surface area contributed by atoms with E-state index in [4.69, 9.17) is 10.3 Å². The Hall–Kier alpha value is -2.25. The lowest BCUT2D eigenvalue weighted by Gasteiger charge is -2.36. The summed E-state index contributed by atoms with van der Waals surface area (Å²) in [5.41, 5.74) is 7.52. The smallest absolute Gasteiger partial charge is 0.241 e. The highest BCUT2D eigenvalue weighted by molar-refractivity contribution is 5.79. The fourth-order valence-corrected chi connectivity index (χ4v) is 2.82. The molecule has 2 heterocycles. The summed E-state index contributed by atoms with van der Waals surface area (Å²) in [7, 11) is 0. The predicted octanol–water partition coefficient (Wildman–Crippen LogP) is 1.04. The molecule has 1 aromatic carbocycles. The Morgan fingerprint density at radius 1 is 1.25 bits per heavy atom. The first-order valence-electron chi connectivity index (χ1n) is 8.18. The van der Waals surface area contributed by atoms with Crippen LogP contribution in [0.25, 0.3) is 11.4 Å². The van der Waals surface area contributed by atoms with Crippen LogP contribution < -0.4 is 5.73 Å². The lowest BCUT2D eigenvalue weighted by Crippen LogP contribution is -2.52. The van der Waals surface area contributed by atoms with Crippen LogP contribution in [0.3, 0.4) is 0 Å². The van der Waals surface area contributed by atoms with Crippen molar-refractivity contribution >= 4 is 5.91 Å². The number of piperazine rings is 1. The van der Waals surface area contributed by atoms with E-state index in [-0.39, 0.29) is 11.9 Å². The van der Waals surface area contributed by atoms with Crippen LogP contribution in [0.1, 0.15) is 18.4 Å². The quantitative estimate of drug-likeness (QED) is 0.881. The van der Waals surface area contributed by atoms with Crippen LogP contribution >= 0.6 is 0 Å². The Bertz CT molecular complexity index is 689. The van der Waals surface area contributed by atoms with E-state index in [1.807, 2.05) is 38.1 Å². The van der Waals surface area contributed by atoms with Crippen LogP contribution in [-0.2, 0) is 11.3 Å². The average molecular weight is 329 g/mol. The molecule has 1 aliphatic heterocycles. The van der Waals surface area contributed by atoms with Gasteiger partial charge in [-0.2, -0.15) is 4.98 Å². The average Bonchev–Trinajstić information content (AvgIpc) is 3.04. The summed E-state index contributed by atoms with van der Waals surface area (Å²) < 4.78 is 5.37. The third-order valence-electron chi connectivity index (χ3n) is 4.50. The van der Waals surface area contributed by atoms with E-state index in [2.05, 4.69) is 19.9 Å². The molecule has 1 fully saturated rings. The number of nitrogens with two attached hydrogens (primary N) is 1. The topological polar surface area (TPSA) is 88.5 Å². The molecule has 0 spiro atoms. The number of carbonyl (C=O) groups excluding carboxylic acids is 1. The van der Waals surface area contributed by atoms with E-state index in [1.54, 1.807) is 0 Å². The Balaban J connectivity index is 1.56. The molecule has 1 aromatic heterocycles. The van der Waals surface area contributed by atoms with Crippen LogP contribution in [-0.4, -0.2) is 58.1 Å². The highest BCUT2D eigenvalue weighted by Gasteiger charge is 2.25. The molecule has 3 rings (SSSR count). The number of primary amides is 1. The highest BCUT2D eigenvalue weighted by Crippen LogP contribution is 2.17. The summed E-state index contributed by atoms with van der Waals surface area (Å²) in [6.07, 6.45) is 0. The third kappa shape index (κ3) is 3.80. The van der Waals surface area contributed by atoms with Crippen LogP contribution in [0, 0.1) is 6.92 Å². The molecule has 0 unspecified atom stereocenters. The molecular formula is C17H23N5O2. The molecule has 0 radical (unpaired) electrons. The van der Waals surface area contributed by atoms with E-state index in [0.29, 0.717) is 18.3 Å². The number of nitrogens with zero attached hydrogens (tertiary/aromatic N) is 4. The molecular weight excluding hydrogens is 306 g/mol. The zero-order valence-electron chi connectivity index (χ0n) is 14.1. The minimum Gasteiger partial charge on any atom is -0.368 e. The minimum absolute atomic E-state index is 0.219. The summed E-state index contributed by atoms with van der Waals surface area (Å²) in [5.74, 6) is 0.955. The standard InChI is InChI=1S/C17H23N5O2/c1-12-3-5-14(6-4-12)17-19-15(24-20-17)11-21-7-9-22(10-8-21)13(2)16(18)23/h3-6,13H,7-11H2,1-2H3,(H2,18,23)/t13-/m0/s1. The lowest BCUT2D eigenvalue weighted by molar-refractivity contribution is -0.123.